The molecule has 0 spiro atoms. The molecule has 0 saturated heterocycles. The molecule has 1 amide bonds. The van der Waals surface area contributed by atoms with Crippen LogP contribution in [0.25, 0.3) is 0 Å². The van der Waals surface area contributed by atoms with Crippen LogP contribution in [0.4, 0.5) is 0 Å². The monoisotopic (exact) mass is 407 g/mol. The zero-order valence-electron chi connectivity index (χ0n) is 19.0. The summed E-state index contributed by atoms with van der Waals surface area (Å²) >= 11 is 0. The van der Waals surface area contributed by atoms with Gasteiger partial charge in [-0.05, 0) is 24.5 Å². The average molecular weight is 408 g/mol. The molecule has 4 nitrogen and oxygen atoms in total. The van der Waals surface area contributed by atoms with E-state index in [2.05, 4.69) is 64.1 Å². The molecular formula is C26H35N2O2+. The summed E-state index contributed by atoms with van der Waals surface area (Å²) in [6.07, 6.45) is 2.44. The van der Waals surface area contributed by atoms with Gasteiger partial charge in [-0.2, -0.15) is 0 Å². The first-order chi connectivity index (χ1) is 14.5. The van der Waals surface area contributed by atoms with Gasteiger partial charge in [-0.1, -0.05) is 70.2 Å². The van der Waals surface area contributed by atoms with Gasteiger partial charge >= 0.3 is 5.91 Å². The summed E-state index contributed by atoms with van der Waals surface area (Å²) in [4.78, 5) is 19.0. The molecule has 1 heterocycles. The van der Waals surface area contributed by atoms with Gasteiger partial charge in [0.25, 0.3) is 0 Å². The largest absolute Gasteiger partial charge is 0.497 e. The van der Waals surface area contributed by atoms with Crippen LogP contribution in [-0.2, 0) is 11.3 Å². The Balaban J connectivity index is 2.18. The van der Waals surface area contributed by atoms with E-state index >= 15 is 0 Å². The Morgan fingerprint density at radius 2 is 1.80 bits per heavy atom. The van der Waals surface area contributed by atoms with Gasteiger partial charge in [-0.25, -0.2) is 14.3 Å². The molecule has 4 heteroatoms. The highest BCUT2D eigenvalue weighted by Crippen LogP contribution is 2.41. The third kappa shape index (κ3) is 4.20. The summed E-state index contributed by atoms with van der Waals surface area (Å²) < 4.78 is 5.76. The SMILES string of the molecule is CCC1N=C(CC(C)C)[N+](Cc2cccc(OC)c2)(C(CC)c2ccccc2)C1=O. The number of benzene rings is 2. The van der Waals surface area contributed by atoms with Crippen molar-refractivity contribution in [2.24, 2.45) is 10.9 Å². The second-order valence-electron chi connectivity index (χ2n) is 8.62. The fraction of sp³-hybridized carbons (Fsp3) is 0.462. The normalized spacial score (nSPS) is 22.3. The van der Waals surface area contributed by atoms with Crippen molar-refractivity contribution >= 4 is 11.7 Å². The standard InChI is InChI=1S/C26H35N2O2/c1-6-23-26(29)28(25(27-23)16-19(3)4,18-20-12-11-15-22(17-20)30-5)24(7-2)21-13-9-8-10-14-21/h8-15,17,19,23-24H,6-7,16,18H2,1-5H3/q+1. The summed E-state index contributed by atoms with van der Waals surface area (Å²) in [6, 6.07) is 18.4. The number of rotatable bonds is 9. The van der Waals surface area contributed by atoms with Gasteiger partial charge in [0.15, 0.2) is 6.04 Å². The number of carbonyl (C=O) groups excluding carboxylic acids is 1. The Morgan fingerprint density at radius 1 is 1.07 bits per heavy atom. The molecule has 0 fully saturated rings. The van der Waals surface area contributed by atoms with E-state index < -0.39 is 0 Å². The van der Waals surface area contributed by atoms with Crippen molar-refractivity contribution in [3.8, 4) is 5.75 Å². The van der Waals surface area contributed by atoms with Gasteiger partial charge in [0.2, 0.25) is 5.84 Å². The summed E-state index contributed by atoms with van der Waals surface area (Å²) in [5.41, 5.74) is 2.30. The van der Waals surface area contributed by atoms with Crippen LogP contribution < -0.4 is 4.74 Å². The minimum absolute atomic E-state index is 0.0407. The van der Waals surface area contributed by atoms with Crippen molar-refractivity contribution in [3.63, 3.8) is 0 Å². The van der Waals surface area contributed by atoms with E-state index in [0.29, 0.717) is 16.9 Å². The van der Waals surface area contributed by atoms with Crippen LogP contribution >= 0.6 is 0 Å². The number of amides is 1. The second kappa shape index (κ2) is 9.57. The Hall–Kier alpha value is -2.46. The molecule has 0 aromatic heterocycles. The van der Waals surface area contributed by atoms with Gasteiger partial charge in [-0.3, -0.25) is 0 Å². The summed E-state index contributed by atoms with van der Waals surface area (Å²) in [5.74, 6) is 2.51. The van der Waals surface area contributed by atoms with Gasteiger partial charge in [0.05, 0.1) is 7.11 Å². The fourth-order valence-corrected chi connectivity index (χ4v) is 4.73. The van der Waals surface area contributed by atoms with E-state index in [0.717, 1.165) is 36.4 Å². The molecule has 2 aromatic carbocycles. The molecule has 3 atom stereocenters. The molecule has 1 aliphatic heterocycles. The number of quaternary nitrogens is 1. The van der Waals surface area contributed by atoms with Crippen LogP contribution in [-0.4, -0.2) is 29.4 Å². The van der Waals surface area contributed by atoms with E-state index in [-0.39, 0.29) is 18.0 Å². The maximum Gasteiger partial charge on any atom is 0.345 e. The van der Waals surface area contributed by atoms with Crippen molar-refractivity contribution in [2.75, 3.05) is 7.11 Å². The summed E-state index contributed by atoms with van der Waals surface area (Å²) in [5, 5.41) is 0. The van der Waals surface area contributed by atoms with Gasteiger partial charge in [0, 0.05) is 24.0 Å². The number of hydrogen-bond acceptors (Lipinski definition) is 3. The molecule has 0 saturated carbocycles. The van der Waals surface area contributed by atoms with Crippen molar-refractivity contribution in [1.82, 2.24) is 0 Å². The number of ether oxygens (including phenoxy) is 1. The molecule has 3 unspecified atom stereocenters. The van der Waals surface area contributed by atoms with Crippen LogP contribution in [0.15, 0.2) is 59.6 Å². The highest BCUT2D eigenvalue weighted by Gasteiger charge is 2.55. The number of nitrogens with zero attached hydrogens (tertiary/aromatic N) is 2. The first-order valence-electron chi connectivity index (χ1n) is 11.1. The topological polar surface area (TPSA) is 38.7 Å². The third-order valence-corrected chi connectivity index (χ3v) is 6.09. The smallest absolute Gasteiger partial charge is 0.345 e. The third-order valence-electron chi connectivity index (χ3n) is 6.09. The molecule has 0 bridgehead atoms. The van der Waals surface area contributed by atoms with Crippen LogP contribution in [0.5, 0.6) is 5.75 Å². The molecule has 0 aliphatic carbocycles. The van der Waals surface area contributed by atoms with Crippen LogP contribution in [0.1, 0.15) is 64.1 Å². The molecule has 30 heavy (non-hydrogen) atoms. The Morgan fingerprint density at radius 3 is 2.40 bits per heavy atom. The number of methoxy groups -OCH3 is 1. The quantitative estimate of drug-likeness (QED) is 0.484. The first-order valence-corrected chi connectivity index (χ1v) is 11.1. The first kappa shape index (κ1) is 22.2. The zero-order valence-corrected chi connectivity index (χ0v) is 19.0. The molecule has 3 rings (SSSR count). The van der Waals surface area contributed by atoms with Crippen molar-refractivity contribution in [3.05, 3.63) is 65.7 Å². The molecular weight excluding hydrogens is 372 g/mol. The number of aliphatic imine (C=N–C) groups is 1. The van der Waals surface area contributed by atoms with E-state index in [1.165, 1.54) is 5.56 Å². The molecule has 0 radical (unpaired) electrons. The lowest BCUT2D eigenvalue weighted by Gasteiger charge is -2.40. The van der Waals surface area contributed by atoms with Crippen molar-refractivity contribution in [2.45, 2.75) is 65.6 Å². The highest BCUT2D eigenvalue weighted by atomic mass is 16.5. The minimum atomic E-state index is -0.262. The average Bonchev–Trinajstić information content (AvgIpc) is 3.00. The zero-order chi connectivity index (χ0) is 21.7. The maximum atomic E-state index is 14.0. The predicted octanol–water partition coefficient (Wildman–Crippen LogP) is 5.93. The number of amidine groups is 1. The van der Waals surface area contributed by atoms with Crippen LogP contribution in [0.2, 0.25) is 0 Å². The predicted molar refractivity (Wildman–Crippen MR) is 122 cm³/mol. The van der Waals surface area contributed by atoms with E-state index in [1.807, 2.05) is 18.2 Å². The Kier molecular flexibility index (Phi) is 7.09. The Labute approximate surface area is 181 Å². The van der Waals surface area contributed by atoms with Gasteiger partial charge in [0.1, 0.15) is 18.3 Å². The number of hydrogen-bond donors (Lipinski definition) is 0. The lowest BCUT2D eigenvalue weighted by Crippen LogP contribution is -2.57. The highest BCUT2D eigenvalue weighted by molar-refractivity contribution is 5.96. The van der Waals surface area contributed by atoms with Gasteiger partial charge in [-0.15, -0.1) is 0 Å². The Bertz CT molecular complexity index is 891. The van der Waals surface area contributed by atoms with E-state index in [1.54, 1.807) is 7.11 Å². The van der Waals surface area contributed by atoms with Gasteiger partial charge < -0.3 is 4.74 Å². The number of carbonyl (C=O) groups is 1. The van der Waals surface area contributed by atoms with Crippen LogP contribution in [0.3, 0.4) is 0 Å². The lowest BCUT2D eigenvalue weighted by atomic mass is 9.95. The second-order valence-corrected chi connectivity index (χ2v) is 8.62. The summed E-state index contributed by atoms with van der Waals surface area (Å²) in [7, 11) is 1.68. The molecule has 2 aromatic rings. The maximum absolute atomic E-state index is 14.0. The van der Waals surface area contributed by atoms with E-state index in [9.17, 15) is 4.79 Å². The van der Waals surface area contributed by atoms with E-state index in [4.69, 9.17) is 9.73 Å². The fourth-order valence-electron chi connectivity index (χ4n) is 4.73. The molecule has 1 aliphatic rings. The van der Waals surface area contributed by atoms with Crippen molar-refractivity contribution in [1.29, 1.82) is 0 Å². The van der Waals surface area contributed by atoms with Crippen molar-refractivity contribution < 1.29 is 14.0 Å². The minimum Gasteiger partial charge on any atom is -0.497 e. The molecule has 160 valence electrons. The molecule has 0 N–H and O–H groups in total. The summed E-state index contributed by atoms with van der Waals surface area (Å²) in [6.45, 7) is 9.26. The van der Waals surface area contributed by atoms with Crippen LogP contribution in [0, 0.1) is 5.92 Å². The lowest BCUT2D eigenvalue weighted by molar-refractivity contribution is -0.811.